The highest BCUT2D eigenvalue weighted by Gasteiger charge is 2.39. The SMILES string of the molecule is CC1CN2CCCCC2CN1S(=O)(=O)c1cnc(Cl)nc1. The van der Waals surface area contributed by atoms with E-state index in [-0.39, 0.29) is 16.2 Å². The van der Waals surface area contributed by atoms with E-state index in [2.05, 4.69) is 14.9 Å². The molecule has 2 fully saturated rings. The van der Waals surface area contributed by atoms with Gasteiger partial charge in [0.25, 0.3) is 0 Å². The first kappa shape index (κ1) is 15.1. The fourth-order valence-electron chi connectivity index (χ4n) is 3.23. The van der Waals surface area contributed by atoms with Crippen LogP contribution in [0.2, 0.25) is 5.28 Å². The van der Waals surface area contributed by atoms with Gasteiger partial charge in [-0.1, -0.05) is 6.42 Å². The Labute approximate surface area is 130 Å². The molecule has 0 radical (unpaired) electrons. The first-order valence-corrected chi connectivity index (χ1v) is 9.04. The minimum Gasteiger partial charge on any atom is -0.297 e. The van der Waals surface area contributed by atoms with Crippen LogP contribution < -0.4 is 0 Å². The standard InChI is InChI=1S/C13H19ClN4O2S/c1-10-8-17-5-3-2-4-11(17)9-18(10)21(19,20)12-6-15-13(14)16-7-12/h6-7,10-11H,2-5,8-9H2,1H3. The maximum Gasteiger partial charge on any atom is 0.246 e. The molecule has 0 aromatic carbocycles. The molecule has 116 valence electrons. The summed E-state index contributed by atoms with van der Waals surface area (Å²) in [5.74, 6) is 0. The van der Waals surface area contributed by atoms with Crippen molar-refractivity contribution in [3.8, 4) is 0 Å². The van der Waals surface area contributed by atoms with Gasteiger partial charge in [0.1, 0.15) is 4.90 Å². The summed E-state index contributed by atoms with van der Waals surface area (Å²) in [5.41, 5.74) is 0. The van der Waals surface area contributed by atoms with Gasteiger partial charge >= 0.3 is 0 Å². The van der Waals surface area contributed by atoms with Crippen LogP contribution in [0.3, 0.4) is 0 Å². The number of fused-ring (bicyclic) bond motifs is 1. The number of sulfonamides is 1. The number of aromatic nitrogens is 2. The summed E-state index contributed by atoms with van der Waals surface area (Å²) in [6.07, 6.45) is 6.01. The molecule has 2 aliphatic heterocycles. The first-order valence-electron chi connectivity index (χ1n) is 7.22. The lowest BCUT2D eigenvalue weighted by molar-refractivity contribution is 0.0564. The summed E-state index contributed by atoms with van der Waals surface area (Å²) < 4.78 is 27.1. The molecule has 21 heavy (non-hydrogen) atoms. The smallest absolute Gasteiger partial charge is 0.246 e. The summed E-state index contributed by atoms with van der Waals surface area (Å²) >= 11 is 5.63. The predicted octanol–water partition coefficient (Wildman–Crippen LogP) is 1.38. The Morgan fingerprint density at radius 2 is 1.95 bits per heavy atom. The van der Waals surface area contributed by atoms with E-state index in [4.69, 9.17) is 11.6 Å². The molecule has 3 rings (SSSR count). The molecule has 0 aliphatic carbocycles. The highest BCUT2D eigenvalue weighted by molar-refractivity contribution is 7.89. The number of halogens is 1. The van der Waals surface area contributed by atoms with E-state index in [0.717, 1.165) is 19.5 Å². The third kappa shape index (κ3) is 2.92. The van der Waals surface area contributed by atoms with Gasteiger partial charge in [-0.3, -0.25) is 4.90 Å². The molecule has 2 saturated heterocycles. The zero-order valence-corrected chi connectivity index (χ0v) is 13.5. The van der Waals surface area contributed by atoms with E-state index in [1.54, 1.807) is 4.31 Å². The second kappa shape index (κ2) is 5.79. The maximum absolute atomic E-state index is 12.8. The molecule has 6 nitrogen and oxygen atoms in total. The molecule has 8 heteroatoms. The van der Waals surface area contributed by atoms with E-state index in [9.17, 15) is 8.42 Å². The first-order chi connectivity index (χ1) is 9.98. The van der Waals surface area contributed by atoms with E-state index >= 15 is 0 Å². The van der Waals surface area contributed by atoms with Crippen LogP contribution in [-0.4, -0.2) is 59.3 Å². The monoisotopic (exact) mass is 330 g/mol. The van der Waals surface area contributed by atoms with Crippen molar-refractivity contribution >= 4 is 21.6 Å². The normalized spacial score (nSPS) is 28.3. The van der Waals surface area contributed by atoms with E-state index in [0.29, 0.717) is 12.6 Å². The average molecular weight is 331 g/mol. The van der Waals surface area contributed by atoms with Crippen LogP contribution >= 0.6 is 11.6 Å². The minimum absolute atomic E-state index is 0.0416. The molecule has 1 aromatic rings. The lowest BCUT2D eigenvalue weighted by Gasteiger charge is -2.46. The van der Waals surface area contributed by atoms with Gasteiger partial charge in [0, 0.05) is 25.2 Å². The second-order valence-electron chi connectivity index (χ2n) is 5.76. The Hall–Kier alpha value is -0.760. The number of piperazine rings is 1. The second-order valence-corrected chi connectivity index (χ2v) is 7.98. The average Bonchev–Trinajstić information content (AvgIpc) is 2.47. The van der Waals surface area contributed by atoms with Crippen molar-refractivity contribution in [3.63, 3.8) is 0 Å². The third-order valence-corrected chi connectivity index (χ3v) is 6.46. The summed E-state index contributed by atoms with van der Waals surface area (Å²) in [5, 5.41) is 0.0547. The highest BCUT2D eigenvalue weighted by atomic mass is 35.5. The molecule has 2 unspecified atom stereocenters. The van der Waals surface area contributed by atoms with Crippen molar-refractivity contribution < 1.29 is 8.42 Å². The molecular formula is C13H19ClN4O2S. The van der Waals surface area contributed by atoms with Crippen molar-refractivity contribution in [2.75, 3.05) is 19.6 Å². The molecule has 2 aliphatic rings. The van der Waals surface area contributed by atoms with E-state index in [1.165, 1.54) is 25.2 Å². The van der Waals surface area contributed by atoms with Crippen molar-refractivity contribution in [2.45, 2.75) is 43.2 Å². The van der Waals surface area contributed by atoms with Crippen LogP contribution in [-0.2, 0) is 10.0 Å². The fraction of sp³-hybridized carbons (Fsp3) is 0.692. The zero-order valence-electron chi connectivity index (χ0n) is 11.9. The van der Waals surface area contributed by atoms with Gasteiger partial charge in [0.15, 0.2) is 0 Å². The summed E-state index contributed by atoms with van der Waals surface area (Å²) in [6.45, 7) is 4.37. The zero-order chi connectivity index (χ0) is 15.0. The van der Waals surface area contributed by atoms with Crippen LogP contribution in [0.5, 0.6) is 0 Å². The van der Waals surface area contributed by atoms with Crippen LogP contribution in [0.15, 0.2) is 17.3 Å². The summed E-state index contributed by atoms with van der Waals surface area (Å²) in [7, 11) is -3.56. The molecule has 0 amide bonds. The Balaban J connectivity index is 1.86. The third-order valence-electron chi connectivity index (χ3n) is 4.33. The van der Waals surface area contributed by atoms with E-state index < -0.39 is 10.0 Å². The van der Waals surface area contributed by atoms with Crippen molar-refractivity contribution in [1.29, 1.82) is 0 Å². The van der Waals surface area contributed by atoms with Gasteiger partial charge in [-0.15, -0.1) is 0 Å². The van der Waals surface area contributed by atoms with E-state index in [1.807, 2.05) is 6.92 Å². The fourth-order valence-corrected chi connectivity index (χ4v) is 4.88. The molecule has 0 bridgehead atoms. The Morgan fingerprint density at radius 1 is 1.24 bits per heavy atom. The largest absolute Gasteiger partial charge is 0.297 e. The van der Waals surface area contributed by atoms with Gasteiger partial charge in [0.2, 0.25) is 15.3 Å². The van der Waals surface area contributed by atoms with Crippen LogP contribution in [0.25, 0.3) is 0 Å². The van der Waals surface area contributed by atoms with Crippen molar-refractivity contribution in [2.24, 2.45) is 0 Å². The Morgan fingerprint density at radius 3 is 2.67 bits per heavy atom. The molecule has 3 heterocycles. The number of rotatable bonds is 2. The maximum atomic E-state index is 12.8. The quantitative estimate of drug-likeness (QED) is 0.766. The molecule has 0 spiro atoms. The lowest BCUT2D eigenvalue weighted by atomic mass is 9.99. The van der Waals surface area contributed by atoms with Crippen LogP contribution in [0, 0.1) is 0 Å². The van der Waals surface area contributed by atoms with Gasteiger partial charge < -0.3 is 0 Å². The Bertz CT molecular complexity index is 607. The lowest BCUT2D eigenvalue weighted by Crippen LogP contribution is -2.59. The number of nitrogens with zero attached hydrogens (tertiary/aromatic N) is 4. The van der Waals surface area contributed by atoms with Gasteiger partial charge in [-0.05, 0) is 37.9 Å². The molecule has 0 N–H and O–H groups in total. The molecular weight excluding hydrogens is 312 g/mol. The number of hydrogen-bond donors (Lipinski definition) is 0. The summed E-state index contributed by atoms with van der Waals surface area (Å²) in [4.78, 5) is 10.1. The molecule has 2 atom stereocenters. The van der Waals surface area contributed by atoms with Crippen LogP contribution in [0.1, 0.15) is 26.2 Å². The van der Waals surface area contributed by atoms with Crippen molar-refractivity contribution in [1.82, 2.24) is 19.2 Å². The van der Waals surface area contributed by atoms with Gasteiger partial charge in [-0.25, -0.2) is 18.4 Å². The summed E-state index contributed by atoms with van der Waals surface area (Å²) in [6, 6.07) is 0.290. The van der Waals surface area contributed by atoms with Crippen LogP contribution in [0.4, 0.5) is 0 Å². The molecule has 0 saturated carbocycles. The van der Waals surface area contributed by atoms with Gasteiger partial charge in [0.05, 0.1) is 12.4 Å². The highest BCUT2D eigenvalue weighted by Crippen LogP contribution is 2.28. The number of hydrogen-bond acceptors (Lipinski definition) is 5. The van der Waals surface area contributed by atoms with Gasteiger partial charge in [-0.2, -0.15) is 4.31 Å². The predicted molar refractivity (Wildman–Crippen MR) is 79.6 cm³/mol. The minimum atomic E-state index is -3.56. The Kier molecular flexibility index (Phi) is 4.18. The number of piperidine rings is 1. The van der Waals surface area contributed by atoms with Crippen molar-refractivity contribution in [3.05, 3.63) is 17.7 Å². The molecule has 1 aromatic heterocycles. The topological polar surface area (TPSA) is 66.4 Å².